The van der Waals surface area contributed by atoms with Gasteiger partial charge in [0, 0.05) is 24.3 Å². The molecule has 0 fully saturated rings. The van der Waals surface area contributed by atoms with Crippen molar-refractivity contribution in [2.24, 2.45) is 0 Å². The van der Waals surface area contributed by atoms with E-state index in [1.807, 2.05) is 13.1 Å². The van der Waals surface area contributed by atoms with E-state index in [0.29, 0.717) is 13.2 Å². The molecule has 1 aromatic rings. The molecule has 0 spiro atoms. The van der Waals surface area contributed by atoms with Gasteiger partial charge in [0.15, 0.2) is 0 Å². The van der Waals surface area contributed by atoms with Gasteiger partial charge in [-0.05, 0) is 30.8 Å². The number of thioether (sulfide) groups is 1. The molecule has 0 atom stereocenters. The Morgan fingerprint density at radius 3 is 2.93 bits per heavy atom. The first-order valence-corrected chi connectivity index (χ1v) is 5.81. The molecule has 0 amide bonds. The van der Waals surface area contributed by atoms with Crippen molar-refractivity contribution in [2.75, 3.05) is 26.5 Å². The van der Waals surface area contributed by atoms with Crippen LogP contribution in [-0.2, 0) is 11.3 Å². The topological polar surface area (TPSA) is 21.3 Å². The van der Waals surface area contributed by atoms with Crippen LogP contribution in [-0.4, -0.2) is 26.5 Å². The van der Waals surface area contributed by atoms with Crippen LogP contribution < -0.4 is 5.32 Å². The predicted molar refractivity (Wildman–Crippen MR) is 61.8 cm³/mol. The first-order chi connectivity index (χ1) is 7.27. The summed E-state index contributed by atoms with van der Waals surface area (Å²) in [5.41, 5.74) is 0.999. The largest absolute Gasteiger partial charge is 0.384 e. The molecule has 1 rings (SSSR count). The maximum absolute atomic E-state index is 13.0. The van der Waals surface area contributed by atoms with E-state index in [-0.39, 0.29) is 5.82 Å². The summed E-state index contributed by atoms with van der Waals surface area (Å²) < 4.78 is 18.0. The fourth-order valence-corrected chi connectivity index (χ4v) is 2.20. The average molecular weight is 229 g/mol. The minimum atomic E-state index is -0.184. The van der Waals surface area contributed by atoms with Crippen LogP contribution in [0.1, 0.15) is 5.56 Å². The SMILES string of the molecule is CNCc1cc(F)ccc1SCCOC. The van der Waals surface area contributed by atoms with Gasteiger partial charge in [0.25, 0.3) is 0 Å². The molecule has 84 valence electrons. The number of rotatable bonds is 6. The monoisotopic (exact) mass is 229 g/mol. The molecule has 0 unspecified atom stereocenters. The van der Waals surface area contributed by atoms with E-state index in [1.165, 1.54) is 6.07 Å². The Morgan fingerprint density at radius 1 is 1.47 bits per heavy atom. The molecule has 0 aliphatic carbocycles. The van der Waals surface area contributed by atoms with Crippen LogP contribution in [0.2, 0.25) is 0 Å². The summed E-state index contributed by atoms with van der Waals surface area (Å²) in [5.74, 6) is 0.704. The maximum Gasteiger partial charge on any atom is 0.123 e. The summed E-state index contributed by atoms with van der Waals surface area (Å²) in [6.07, 6.45) is 0. The first-order valence-electron chi connectivity index (χ1n) is 4.82. The number of ether oxygens (including phenoxy) is 1. The Labute approximate surface area is 94.2 Å². The summed E-state index contributed by atoms with van der Waals surface area (Å²) in [4.78, 5) is 1.11. The van der Waals surface area contributed by atoms with Gasteiger partial charge in [0.05, 0.1) is 6.61 Å². The lowest BCUT2D eigenvalue weighted by atomic mass is 10.2. The number of benzene rings is 1. The number of hydrogen-bond acceptors (Lipinski definition) is 3. The zero-order valence-electron chi connectivity index (χ0n) is 9.05. The lowest BCUT2D eigenvalue weighted by Crippen LogP contribution is -2.07. The highest BCUT2D eigenvalue weighted by atomic mass is 32.2. The lowest BCUT2D eigenvalue weighted by molar-refractivity contribution is 0.218. The van der Waals surface area contributed by atoms with Crippen LogP contribution in [0.5, 0.6) is 0 Å². The summed E-state index contributed by atoms with van der Waals surface area (Å²) in [5, 5.41) is 3.03. The Morgan fingerprint density at radius 2 is 2.27 bits per heavy atom. The van der Waals surface area contributed by atoms with Crippen molar-refractivity contribution >= 4 is 11.8 Å². The molecule has 2 nitrogen and oxygen atoms in total. The molecule has 15 heavy (non-hydrogen) atoms. The maximum atomic E-state index is 13.0. The minimum Gasteiger partial charge on any atom is -0.384 e. The van der Waals surface area contributed by atoms with Crippen LogP contribution in [0.15, 0.2) is 23.1 Å². The highest BCUT2D eigenvalue weighted by Gasteiger charge is 2.03. The lowest BCUT2D eigenvalue weighted by Gasteiger charge is -2.08. The highest BCUT2D eigenvalue weighted by molar-refractivity contribution is 7.99. The van der Waals surface area contributed by atoms with E-state index in [1.54, 1.807) is 24.9 Å². The van der Waals surface area contributed by atoms with Crippen molar-refractivity contribution in [3.05, 3.63) is 29.6 Å². The normalized spacial score (nSPS) is 10.6. The van der Waals surface area contributed by atoms with Gasteiger partial charge < -0.3 is 10.1 Å². The van der Waals surface area contributed by atoms with Gasteiger partial charge in [-0.15, -0.1) is 11.8 Å². The molecule has 0 aliphatic heterocycles. The van der Waals surface area contributed by atoms with Crippen molar-refractivity contribution in [2.45, 2.75) is 11.4 Å². The van der Waals surface area contributed by atoms with Gasteiger partial charge >= 0.3 is 0 Å². The molecule has 0 bridgehead atoms. The van der Waals surface area contributed by atoms with Crippen LogP contribution in [0.4, 0.5) is 4.39 Å². The van der Waals surface area contributed by atoms with E-state index in [9.17, 15) is 4.39 Å². The third kappa shape index (κ3) is 4.20. The summed E-state index contributed by atoms with van der Waals surface area (Å²) in [6.45, 7) is 1.40. The van der Waals surface area contributed by atoms with Gasteiger partial charge in [-0.3, -0.25) is 0 Å². The Bertz CT molecular complexity index is 307. The Balaban J connectivity index is 2.67. The van der Waals surface area contributed by atoms with Crippen molar-refractivity contribution in [3.8, 4) is 0 Å². The molecule has 4 heteroatoms. The molecular weight excluding hydrogens is 213 g/mol. The van der Waals surface area contributed by atoms with Crippen molar-refractivity contribution in [1.29, 1.82) is 0 Å². The Kier molecular flexibility index (Phi) is 5.68. The molecule has 0 saturated heterocycles. The molecule has 0 aromatic heterocycles. The average Bonchev–Trinajstić information content (AvgIpc) is 2.22. The van der Waals surface area contributed by atoms with Crippen LogP contribution >= 0.6 is 11.8 Å². The van der Waals surface area contributed by atoms with Gasteiger partial charge in [-0.25, -0.2) is 4.39 Å². The van der Waals surface area contributed by atoms with Crippen LogP contribution in [0, 0.1) is 5.82 Å². The minimum absolute atomic E-state index is 0.184. The predicted octanol–water partition coefficient (Wildman–Crippen LogP) is 2.28. The van der Waals surface area contributed by atoms with Crippen molar-refractivity contribution in [1.82, 2.24) is 5.32 Å². The van der Waals surface area contributed by atoms with E-state index < -0.39 is 0 Å². The smallest absolute Gasteiger partial charge is 0.123 e. The van der Waals surface area contributed by atoms with Crippen molar-refractivity contribution in [3.63, 3.8) is 0 Å². The van der Waals surface area contributed by atoms with E-state index in [2.05, 4.69) is 5.32 Å². The molecule has 1 N–H and O–H groups in total. The summed E-state index contributed by atoms with van der Waals surface area (Å²) in [6, 6.07) is 4.89. The van der Waals surface area contributed by atoms with Gasteiger partial charge in [0.1, 0.15) is 5.82 Å². The zero-order chi connectivity index (χ0) is 11.1. The third-order valence-corrected chi connectivity index (χ3v) is 3.01. The second kappa shape index (κ2) is 6.82. The first kappa shape index (κ1) is 12.5. The second-order valence-corrected chi connectivity index (χ2v) is 4.26. The number of hydrogen-bond donors (Lipinski definition) is 1. The standard InChI is InChI=1S/C11H16FNOS/c1-13-8-9-7-10(12)3-4-11(9)15-6-5-14-2/h3-4,7,13H,5-6,8H2,1-2H3. The summed E-state index contributed by atoms with van der Waals surface area (Å²) in [7, 11) is 3.54. The molecule has 0 radical (unpaired) electrons. The molecule has 0 aliphatic rings. The van der Waals surface area contributed by atoms with Gasteiger partial charge in [-0.2, -0.15) is 0 Å². The molecular formula is C11H16FNOS. The quantitative estimate of drug-likeness (QED) is 0.597. The second-order valence-electron chi connectivity index (χ2n) is 3.12. The zero-order valence-corrected chi connectivity index (χ0v) is 9.86. The number of halogens is 1. The molecule has 1 aromatic carbocycles. The number of nitrogens with one attached hydrogen (secondary N) is 1. The van der Waals surface area contributed by atoms with Gasteiger partial charge in [-0.1, -0.05) is 0 Å². The van der Waals surface area contributed by atoms with E-state index in [4.69, 9.17) is 4.74 Å². The fourth-order valence-electron chi connectivity index (χ4n) is 1.25. The summed E-state index contributed by atoms with van der Waals surface area (Å²) >= 11 is 1.69. The van der Waals surface area contributed by atoms with Crippen molar-refractivity contribution < 1.29 is 9.13 Å². The van der Waals surface area contributed by atoms with Gasteiger partial charge in [0.2, 0.25) is 0 Å². The molecule has 0 heterocycles. The third-order valence-electron chi connectivity index (χ3n) is 1.93. The number of methoxy groups -OCH3 is 1. The molecule has 0 saturated carbocycles. The van der Waals surface area contributed by atoms with Crippen LogP contribution in [0.3, 0.4) is 0 Å². The highest BCUT2D eigenvalue weighted by Crippen LogP contribution is 2.23. The fraction of sp³-hybridized carbons (Fsp3) is 0.455. The van der Waals surface area contributed by atoms with Crippen LogP contribution in [0.25, 0.3) is 0 Å². The van der Waals surface area contributed by atoms with E-state index >= 15 is 0 Å². The Hall–Kier alpha value is -0.580. The van der Waals surface area contributed by atoms with E-state index in [0.717, 1.165) is 16.2 Å².